The van der Waals surface area contributed by atoms with Crippen LogP contribution in [-0.4, -0.2) is 0 Å². The number of hydrogen-bond donors (Lipinski definition) is 0. The molecule has 1 unspecified atom stereocenters. The normalized spacial score (nSPS) is 32.0. The van der Waals surface area contributed by atoms with Crippen LogP contribution in [0.15, 0.2) is 47.1 Å². The number of hydrogen-bond acceptors (Lipinski definition) is 0. The first-order valence-corrected chi connectivity index (χ1v) is 3.73. The quantitative estimate of drug-likeness (QED) is 0.470. The highest BCUT2D eigenvalue weighted by Crippen LogP contribution is 2.47. The Morgan fingerprint density at radius 3 is 3.10 bits per heavy atom. The zero-order valence-corrected chi connectivity index (χ0v) is 5.67. The van der Waals surface area contributed by atoms with Gasteiger partial charge in [-0.1, -0.05) is 36.0 Å². The Hall–Kier alpha value is -1.04. The molecule has 0 heterocycles. The fourth-order valence-electron chi connectivity index (χ4n) is 2.07. The van der Waals surface area contributed by atoms with E-state index >= 15 is 0 Å². The fourth-order valence-corrected chi connectivity index (χ4v) is 2.07. The van der Waals surface area contributed by atoms with Gasteiger partial charge in [-0.2, -0.15) is 0 Å². The van der Waals surface area contributed by atoms with Crippen LogP contribution in [0.3, 0.4) is 0 Å². The Balaban J connectivity index is 2.26. The van der Waals surface area contributed by atoms with Crippen molar-refractivity contribution < 1.29 is 0 Å². The Morgan fingerprint density at radius 2 is 2.20 bits per heavy atom. The average molecular weight is 128 g/mol. The largest absolute Gasteiger partial charge is 0.0729 e. The molecule has 3 aliphatic rings. The molecule has 0 amide bonds. The van der Waals surface area contributed by atoms with E-state index in [-0.39, 0.29) is 0 Å². The molecular formula is C10H8. The van der Waals surface area contributed by atoms with E-state index in [1.54, 1.807) is 16.7 Å². The van der Waals surface area contributed by atoms with Crippen LogP contribution in [-0.2, 0) is 0 Å². The summed E-state index contributed by atoms with van der Waals surface area (Å²) in [5.41, 5.74) is 4.69. The van der Waals surface area contributed by atoms with Gasteiger partial charge in [0, 0.05) is 5.92 Å². The van der Waals surface area contributed by atoms with Crippen molar-refractivity contribution in [3.63, 3.8) is 0 Å². The van der Waals surface area contributed by atoms with Gasteiger partial charge in [0.05, 0.1) is 0 Å². The lowest BCUT2D eigenvalue weighted by Gasteiger charge is -2.05. The zero-order chi connectivity index (χ0) is 6.55. The van der Waals surface area contributed by atoms with Crippen molar-refractivity contribution in [3.05, 3.63) is 47.1 Å². The van der Waals surface area contributed by atoms with Crippen LogP contribution >= 0.6 is 0 Å². The molecule has 0 heteroatoms. The van der Waals surface area contributed by atoms with E-state index in [0.29, 0.717) is 5.92 Å². The summed E-state index contributed by atoms with van der Waals surface area (Å²) in [4.78, 5) is 0. The van der Waals surface area contributed by atoms with Crippen LogP contribution in [0.4, 0.5) is 0 Å². The van der Waals surface area contributed by atoms with Gasteiger partial charge in [0.15, 0.2) is 0 Å². The molecule has 3 rings (SSSR count). The summed E-state index contributed by atoms with van der Waals surface area (Å²) in [6.45, 7) is 0. The third kappa shape index (κ3) is 0.367. The van der Waals surface area contributed by atoms with Crippen molar-refractivity contribution in [2.45, 2.75) is 6.42 Å². The second kappa shape index (κ2) is 1.34. The van der Waals surface area contributed by atoms with E-state index in [2.05, 4.69) is 30.4 Å². The van der Waals surface area contributed by atoms with Crippen LogP contribution in [0, 0.1) is 5.92 Å². The van der Waals surface area contributed by atoms with Crippen molar-refractivity contribution in [1.82, 2.24) is 0 Å². The highest BCUT2D eigenvalue weighted by molar-refractivity contribution is 5.60. The smallest absolute Gasteiger partial charge is 0.0240 e. The van der Waals surface area contributed by atoms with Crippen LogP contribution < -0.4 is 0 Å². The van der Waals surface area contributed by atoms with Gasteiger partial charge in [-0.15, -0.1) is 0 Å². The lowest BCUT2D eigenvalue weighted by atomic mass is 9.98. The lowest BCUT2D eigenvalue weighted by Crippen LogP contribution is -1.93. The summed E-state index contributed by atoms with van der Waals surface area (Å²) < 4.78 is 0. The standard InChI is InChI=1S/C10H8/c1-2-9-7-4-5-8(6-7)10(9)3-1/h1-5,9H,6H2. The van der Waals surface area contributed by atoms with Crippen LogP contribution in [0.2, 0.25) is 0 Å². The van der Waals surface area contributed by atoms with Gasteiger partial charge < -0.3 is 0 Å². The third-order valence-electron chi connectivity index (χ3n) is 2.58. The molecule has 0 aromatic heterocycles. The van der Waals surface area contributed by atoms with Gasteiger partial charge in [-0.3, -0.25) is 0 Å². The van der Waals surface area contributed by atoms with Gasteiger partial charge >= 0.3 is 0 Å². The maximum atomic E-state index is 2.29. The first-order valence-electron chi connectivity index (χ1n) is 3.73. The van der Waals surface area contributed by atoms with Gasteiger partial charge in [-0.25, -0.2) is 0 Å². The van der Waals surface area contributed by atoms with Crippen molar-refractivity contribution in [3.8, 4) is 0 Å². The maximum Gasteiger partial charge on any atom is 0.0240 e. The molecule has 0 aliphatic heterocycles. The molecule has 0 spiro atoms. The van der Waals surface area contributed by atoms with Crippen molar-refractivity contribution >= 4 is 0 Å². The highest BCUT2D eigenvalue weighted by atomic mass is 14.4. The summed E-state index contributed by atoms with van der Waals surface area (Å²) in [6, 6.07) is 0. The molecule has 0 aromatic carbocycles. The summed E-state index contributed by atoms with van der Waals surface area (Å²) in [5, 5.41) is 0. The summed E-state index contributed by atoms with van der Waals surface area (Å²) in [7, 11) is 0. The first kappa shape index (κ1) is 4.73. The first-order chi connectivity index (χ1) is 4.95. The van der Waals surface area contributed by atoms with Crippen molar-refractivity contribution in [2.24, 2.45) is 5.92 Å². The Labute approximate surface area is 60.2 Å². The van der Waals surface area contributed by atoms with Crippen LogP contribution in [0.25, 0.3) is 0 Å². The number of fused-ring (bicyclic) bond motifs is 5. The van der Waals surface area contributed by atoms with E-state index in [9.17, 15) is 0 Å². The minimum atomic E-state index is 0.681. The van der Waals surface area contributed by atoms with E-state index in [0.717, 1.165) is 0 Å². The average Bonchev–Trinajstić information content (AvgIpc) is 2.60. The zero-order valence-electron chi connectivity index (χ0n) is 5.67. The second-order valence-corrected chi connectivity index (χ2v) is 3.09. The van der Waals surface area contributed by atoms with E-state index in [4.69, 9.17) is 0 Å². The SMILES string of the molecule is C1=CC2C3=CC=C(C3)C2=C1. The third-order valence-corrected chi connectivity index (χ3v) is 2.58. The number of rotatable bonds is 0. The Bertz CT molecular complexity index is 311. The molecule has 48 valence electrons. The maximum absolute atomic E-state index is 2.29. The monoisotopic (exact) mass is 128 g/mol. The van der Waals surface area contributed by atoms with Gasteiger partial charge in [0.25, 0.3) is 0 Å². The van der Waals surface area contributed by atoms with Crippen molar-refractivity contribution in [1.29, 1.82) is 0 Å². The van der Waals surface area contributed by atoms with E-state index < -0.39 is 0 Å². The Kier molecular flexibility index (Phi) is 0.634. The summed E-state index contributed by atoms with van der Waals surface area (Å²) >= 11 is 0. The van der Waals surface area contributed by atoms with E-state index in [1.165, 1.54) is 6.42 Å². The predicted molar refractivity (Wildman–Crippen MR) is 41.5 cm³/mol. The predicted octanol–water partition coefficient (Wildman–Crippen LogP) is 2.37. The molecule has 0 N–H and O–H groups in total. The Morgan fingerprint density at radius 1 is 1.20 bits per heavy atom. The molecule has 1 atom stereocenters. The second-order valence-electron chi connectivity index (χ2n) is 3.09. The summed E-state index contributed by atoms with van der Waals surface area (Å²) in [6.07, 6.45) is 12.5. The molecule has 1 saturated carbocycles. The van der Waals surface area contributed by atoms with Crippen LogP contribution in [0.5, 0.6) is 0 Å². The molecule has 2 bridgehead atoms. The molecule has 3 aliphatic carbocycles. The topological polar surface area (TPSA) is 0 Å². The van der Waals surface area contributed by atoms with Gasteiger partial charge in [0.2, 0.25) is 0 Å². The summed E-state index contributed by atoms with van der Waals surface area (Å²) in [5.74, 6) is 0.681. The van der Waals surface area contributed by atoms with Crippen molar-refractivity contribution in [2.75, 3.05) is 0 Å². The lowest BCUT2D eigenvalue weighted by molar-refractivity contribution is 0.982. The molecular weight excluding hydrogens is 120 g/mol. The van der Waals surface area contributed by atoms with E-state index in [1.807, 2.05) is 0 Å². The molecule has 1 fully saturated rings. The van der Waals surface area contributed by atoms with Gasteiger partial charge in [0.1, 0.15) is 0 Å². The fraction of sp³-hybridized carbons (Fsp3) is 0.200. The molecule has 0 radical (unpaired) electrons. The minimum absolute atomic E-state index is 0.681. The molecule has 0 saturated heterocycles. The van der Waals surface area contributed by atoms with Gasteiger partial charge in [-0.05, 0) is 17.6 Å². The molecule has 0 nitrogen and oxygen atoms in total. The molecule has 10 heavy (non-hydrogen) atoms. The van der Waals surface area contributed by atoms with Crippen LogP contribution in [0.1, 0.15) is 6.42 Å². The highest BCUT2D eigenvalue weighted by Gasteiger charge is 2.31. The molecule has 0 aromatic rings. The minimum Gasteiger partial charge on any atom is -0.0729 e. The number of allylic oxidation sites excluding steroid dienone is 8.